The Morgan fingerprint density at radius 2 is 2.22 bits per heavy atom. The van der Waals surface area contributed by atoms with Gasteiger partial charge in [-0.05, 0) is 36.8 Å². The Hall–Kier alpha value is -1.91. The first kappa shape index (κ1) is 14.7. The molecule has 3 aliphatic rings. The van der Waals surface area contributed by atoms with Crippen LogP contribution in [0.1, 0.15) is 36.5 Å². The molecule has 1 aromatic carbocycles. The van der Waals surface area contributed by atoms with Crippen molar-refractivity contribution >= 4 is 5.91 Å². The van der Waals surface area contributed by atoms with Gasteiger partial charge in [-0.15, -0.1) is 0 Å². The van der Waals surface area contributed by atoms with Gasteiger partial charge in [-0.3, -0.25) is 14.9 Å². The first-order chi connectivity index (χ1) is 10.9. The van der Waals surface area contributed by atoms with Gasteiger partial charge in [-0.25, -0.2) is 0 Å². The van der Waals surface area contributed by atoms with E-state index < -0.39 is 0 Å². The van der Waals surface area contributed by atoms with Crippen LogP contribution in [0.5, 0.6) is 0 Å². The van der Waals surface area contributed by atoms with Gasteiger partial charge < -0.3 is 4.90 Å². The van der Waals surface area contributed by atoms with Crippen LogP contribution in [0.2, 0.25) is 0 Å². The van der Waals surface area contributed by atoms with Crippen molar-refractivity contribution in [1.29, 1.82) is 0 Å². The van der Waals surface area contributed by atoms with E-state index in [2.05, 4.69) is 32.0 Å². The number of fused-ring (bicyclic) bond motifs is 1. The van der Waals surface area contributed by atoms with Gasteiger partial charge in [-0.1, -0.05) is 30.7 Å². The van der Waals surface area contributed by atoms with Gasteiger partial charge in [0.05, 0.1) is 5.54 Å². The third-order valence-electron chi connectivity index (χ3n) is 6.36. The van der Waals surface area contributed by atoms with Crippen LogP contribution in [-0.2, 0) is 16.8 Å². The first-order valence-corrected chi connectivity index (χ1v) is 8.46. The molecule has 1 unspecified atom stereocenters. The summed E-state index contributed by atoms with van der Waals surface area (Å²) in [6.07, 6.45) is 2.22. The lowest BCUT2D eigenvalue weighted by atomic mass is 9.74. The van der Waals surface area contributed by atoms with E-state index in [0.29, 0.717) is 6.42 Å². The molecule has 2 heterocycles. The molecule has 122 valence electrons. The molecule has 5 heteroatoms. The normalized spacial score (nSPS) is 35.0. The molecule has 0 bridgehead atoms. The number of rotatable bonds is 2. The molecule has 1 saturated carbocycles. The number of amides is 1. The maximum absolute atomic E-state index is 12.6. The van der Waals surface area contributed by atoms with E-state index in [1.54, 1.807) is 0 Å². The lowest BCUT2D eigenvalue weighted by Gasteiger charge is -2.44. The number of carbonyl (C=O) groups excluding carboxylic acids is 1. The van der Waals surface area contributed by atoms with Gasteiger partial charge in [0.25, 0.3) is 0 Å². The Bertz CT molecular complexity index is 702. The monoisotopic (exact) mass is 314 g/mol. The Kier molecular flexibility index (Phi) is 3.06. The van der Waals surface area contributed by atoms with E-state index in [1.807, 2.05) is 4.90 Å². The fourth-order valence-electron chi connectivity index (χ4n) is 5.54. The van der Waals surface area contributed by atoms with Crippen molar-refractivity contribution in [3.63, 3.8) is 0 Å². The lowest BCUT2D eigenvalue weighted by molar-refractivity contribution is -0.491. The van der Waals surface area contributed by atoms with Crippen LogP contribution in [-0.4, -0.2) is 28.8 Å². The number of aryl methyl sites for hydroxylation is 1. The van der Waals surface area contributed by atoms with Crippen LogP contribution in [0.4, 0.5) is 0 Å². The topological polar surface area (TPSA) is 63.5 Å². The van der Waals surface area contributed by atoms with Gasteiger partial charge in [0, 0.05) is 29.7 Å². The molecular weight excluding hydrogens is 292 g/mol. The molecule has 1 saturated heterocycles. The summed E-state index contributed by atoms with van der Waals surface area (Å²) in [6.45, 7) is 4.94. The molecule has 2 fully saturated rings. The van der Waals surface area contributed by atoms with Crippen molar-refractivity contribution in [2.24, 2.45) is 17.8 Å². The van der Waals surface area contributed by atoms with E-state index in [9.17, 15) is 14.9 Å². The number of hydrogen-bond donors (Lipinski definition) is 0. The number of nitro groups is 1. The van der Waals surface area contributed by atoms with Gasteiger partial charge in [0.2, 0.25) is 12.5 Å². The summed E-state index contributed by atoms with van der Waals surface area (Å²) < 4.78 is 0. The van der Waals surface area contributed by atoms with Gasteiger partial charge in [-0.2, -0.15) is 0 Å². The summed E-state index contributed by atoms with van der Waals surface area (Å²) in [5.41, 5.74) is 3.53. The number of carbonyl (C=O) groups is 1. The highest BCUT2D eigenvalue weighted by molar-refractivity contribution is 5.82. The van der Waals surface area contributed by atoms with Crippen LogP contribution >= 0.6 is 0 Å². The summed E-state index contributed by atoms with van der Waals surface area (Å²) in [5, 5.41) is 11.1. The summed E-state index contributed by atoms with van der Waals surface area (Å²) in [4.78, 5) is 25.6. The standard InChI is InChI=1S/C18H22N2O3/c1-11-3-4-15-13(7-11)5-6-19-17(21)8-16-14(10-20(22)23)12(2)9-18(15,16)19/h3-4,7,12,14,16H,5-6,8-10H2,1-2H3/t12-,14+,16-,18?/m0/s1. The third-order valence-corrected chi connectivity index (χ3v) is 6.36. The minimum atomic E-state index is -0.293. The first-order valence-electron chi connectivity index (χ1n) is 8.46. The summed E-state index contributed by atoms with van der Waals surface area (Å²) in [7, 11) is 0. The average Bonchev–Trinajstić information content (AvgIpc) is 2.89. The van der Waals surface area contributed by atoms with Crippen molar-refractivity contribution < 1.29 is 9.72 Å². The molecule has 1 aromatic rings. The van der Waals surface area contributed by atoms with Crippen molar-refractivity contribution in [3.8, 4) is 0 Å². The van der Waals surface area contributed by atoms with Crippen LogP contribution in [0.15, 0.2) is 18.2 Å². The zero-order valence-corrected chi connectivity index (χ0v) is 13.6. The number of benzene rings is 1. The Balaban J connectivity index is 1.86. The molecule has 0 N–H and O–H groups in total. The van der Waals surface area contributed by atoms with Crippen LogP contribution in [0.3, 0.4) is 0 Å². The Morgan fingerprint density at radius 3 is 2.96 bits per heavy atom. The zero-order valence-electron chi connectivity index (χ0n) is 13.6. The van der Waals surface area contributed by atoms with Crippen LogP contribution < -0.4 is 0 Å². The highest BCUT2D eigenvalue weighted by atomic mass is 16.6. The molecule has 1 spiro atoms. The second kappa shape index (κ2) is 4.79. The van der Waals surface area contributed by atoms with E-state index in [-0.39, 0.29) is 40.7 Å². The summed E-state index contributed by atoms with van der Waals surface area (Å²) in [5.74, 6) is 0.526. The smallest absolute Gasteiger partial charge is 0.223 e. The minimum absolute atomic E-state index is 0.00815. The predicted molar refractivity (Wildman–Crippen MR) is 85.5 cm³/mol. The molecule has 23 heavy (non-hydrogen) atoms. The molecule has 2 aliphatic heterocycles. The van der Waals surface area contributed by atoms with E-state index in [4.69, 9.17) is 0 Å². The highest BCUT2D eigenvalue weighted by Gasteiger charge is 2.64. The van der Waals surface area contributed by atoms with Crippen molar-refractivity contribution in [1.82, 2.24) is 4.90 Å². The SMILES string of the molecule is Cc1ccc2c(c1)CCN1C(=O)C[C@H]3[C@H](C[N+](=O)[O-])[C@@H](C)CC231. The third kappa shape index (κ3) is 1.88. The molecule has 4 atom stereocenters. The van der Waals surface area contributed by atoms with Crippen molar-refractivity contribution in [2.45, 2.75) is 38.6 Å². The maximum Gasteiger partial charge on any atom is 0.223 e. The Morgan fingerprint density at radius 1 is 1.43 bits per heavy atom. The molecule has 1 amide bonds. The van der Waals surface area contributed by atoms with Gasteiger partial charge in [0.1, 0.15) is 0 Å². The lowest BCUT2D eigenvalue weighted by Crippen LogP contribution is -2.49. The molecule has 0 radical (unpaired) electrons. The van der Waals surface area contributed by atoms with E-state index in [1.165, 1.54) is 16.7 Å². The Labute approximate surface area is 135 Å². The molecule has 0 aromatic heterocycles. The fourth-order valence-corrected chi connectivity index (χ4v) is 5.54. The summed E-state index contributed by atoms with van der Waals surface area (Å²) in [6, 6.07) is 6.51. The van der Waals surface area contributed by atoms with E-state index >= 15 is 0 Å². The largest absolute Gasteiger partial charge is 0.332 e. The second-order valence-corrected chi connectivity index (χ2v) is 7.55. The average molecular weight is 314 g/mol. The van der Waals surface area contributed by atoms with Crippen LogP contribution in [0.25, 0.3) is 0 Å². The quantitative estimate of drug-likeness (QED) is 0.622. The second-order valence-electron chi connectivity index (χ2n) is 7.55. The van der Waals surface area contributed by atoms with Crippen molar-refractivity contribution in [2.75, 3.05) is 13.1 Å². The van der Waals surface area contributed by atoms with E-state index in [0.717, 1.165) is 19.4 Å². The highest BCUT2D eigenvalue weighted by Crippen LogP contribution is 2.60. The number of nitrogens with zero attached hydrogens (tertiary/aromatic N) is 2. The summed E-state index contributed by atoms with van der Waals surface area (Å²) >= 11 is 0. The minimum Gasteiger partial charge on any atom is -0.332 e. The molecule has 4 rings (SSSR count). The van der Waals surface area contributed by atoms with Crippen molar-refractivity contribution in [3.05, 3.63) is 45.0 Å². The maximum atomic E-state index is 12.6. The molecule has 1 aliphatic carbocycles. The predicted octanol–water partition coefficient (Wildman–Crippen LogP) is 2.53. The van der Waals surface area contributed by atoms with Crippen LogP contribution in [0, 0.1) is 34.8 Å². The van der Waals surface area contributed by atoms with Gasteiger partial charge >= 0.3 is 0 Å². The molecular formula is C18H22N2O3. The molecule has 5 nitrogen and oxygen atoms in total. The number of hydrogen-bond acceptors (Lipinski definition) is 3. The zero-order chi connectivity index (χ0) is 16.4. The van der Waals surface area contributed by atoms with Gasteiger partial charge in [0.15, 0.2) is 0 Å². The fraction of sp³-hybridized carbons (Fsp3) is 0.611.